The molecule has 1 saturated heterocycles. The van der Waals surface area contributed by atoms with E-state index in [1.807, 2.05) is 6.92 Å². The van der Waals surface area contributed by atoms with E-state index in [1.165, 1.54) is 15.6 Å². The van der Waals surface area contributed by atoms with Crippen LogP contribution in [0.1, 0.15) is 6.92 Å². The lowest BCUT2D eigenvalue weighted by Crippen LogP contribution is -2.32. The van der Waals surface area contributed by atoms with E-state index in [1.54, 1.807) is 6.07 Å². The van der Waals surface area contributed by atoms with Crippen LogP contribution in [-0.4, -0.2) is 31.9 Å². The summed E-state index contributed by atoms with van der Waals surface area (Å²) in [4.78, 5) is 0.315. The third kappa shape index (κ3) is 2.62. The van der Waals surface area contributed by atoms with Crippen molar-refractivity contribution in [1.29, 1.82) is 0 Å². The fourth-order valence-electron chi connectivity index (χ4n) is 1.78. The molecule has 2 N–H and O–H groups in total. The Morgan fingerprint density at radius 2 is 2.12 bits per heavy atom. The number of rotatable bonds is 2. The van der Waals surface area contributed by atoms with E-state index in [2.05, 4.69) is 31.9 Å². The van der Waals surface area contributed by atoms with Crippen molar-refractivity contribution in [3.63, 3.8) is 0 Å². The van der Waals surface area contributed by atoms with Gasteiger partial charge in [0.15, 0.2) is 0 Å². The minimum absolute atomic E-state index is 0.0781. The maximum atomic E-state index is 12.4. The summed E-state index contributed by atoms with van der Waals surface area (Å²) in [5.41, 5.74) is 5.86. The first-order chi connectivity index (χ1) is 7.82. The van der Waals surface area contributed by atoms with Crippen LogP contribution in [0.15, 0.2) is 18.5 Å². The van der Waals surface area contributed by atoms with Gasteiger partial charge in [-0.15, -0.1) is 11.3 Å². The molecule has 1 aliphatic rings. The molecule has 2 rings (SSSR count). The summed E-state index contributed by atoms with van der Waals surface area (Å²) >= 11 is 7.92. The summed E-state index contributed by atoms with van der Waals surface area (Å²) in [6.45, 7) is 2.85. The van der Waals surface area contributed by atoms with Crippen molar-refractivity contribution >= 4 is 53.2 Å². The molecule has 96 valence electrons. The van der Waals surface area contributed by atoms with E-state index >= 15 is 0 Å². The summed E-state index contributed by atoms with van der Waals surface area (Å²) in [5.74, 6) is 0.200. The van der Waals surface area contributed by atoms with E-state index in [0.29, 0.717) is 21.8 Å². The smallest absolute Gasteiger partial charge is 0.245 e. The lowest BCUT2D eigenvalue weighted by Gasteiger charge is -2.15. The highest BCUT2D eigenvalue weighted by Crippen LogP contribution is 2.37. The molecule has 17 heavy (non-hydrogen) atoms. The van der Waals surface area contributed by atoms with Crippen LogP contribution in [-0.2, 0) is 10.0 Å². The van der Waals surface area contributed by atoms with Crippen molar-refractivity contribution in [2.75, 3.05) is 13.1 Å². The van der Waals surface area contributed by atoms with E-state index in [4.69, 9.17) is 5.73 Å². The Morgan fingerprint density at radius 3 is 2.53 bits per heavy atom. The quantitative estimate of drug-likeness (QED) is 0.823. The Morgan fingerprint density at radius 1 is 1.47 bits per heavy atom. The summed E-state index contributed by atoms with van der Waals surface area (Å²) < 4.78 is 27.6. The Labute approximate surface area is 121 Å². The second-order valence-corrected chi connectivity index (χ2v) is 9.81. The average molecular weight is 404 g/mol. The standard InChI is InChI=1S/C9H12Br2N2O2S2/c1-5-3-13(4-6(5)12)17(14,15)7-2-8(10)16-9(7)11/h2,5-6H,3-4,12H2,1H3. The van der Waals surface area contributed by atoms with Gasteiger partial charge in [-0.3, -0.25) is 0 Å². The van der Waals surface area contributed by atoms with Crippen molar-refractivity contribution in [2.24, 2.45) is 11.7 Å². The fourth-order valence-corrected chi connectivity index (χ4v) is 7.12. The monoisotopic (exact) mass is 402 g/mol. The van der Waals surface area contributed by atoms with E-state index in [9.17, 15) is 8.42 Å². The largest absolute Gasteiger partial charge is 0.326 e. The number of nitrogens with zero attached hydrogens (tertiary/aromatic N) is 1. The van der Waals surface area contributed by atoms with E-state index < -0.39 is 10.0 Å². The molecular formula is C9H12Br2N2O2S2. The lowest BCUT2D eigenvalue weighted by atomic mass is 10.1. The van der Waals surface area contributed by atoms with E-state index in [-0.39, 0.29) is 12.0 Å². The highest BCUT2D eigenvalue weighted by Gasteiger charge is 2.36. The number of sulfonamides is 1. The Bertz CT molecular complexity index is 519. The summed E-state index contributed by atoms with van der Waals surface area (Å²) in [6, 6.07) is 1.55. The van der Waals surface area contributed by atoms with Crippen LogP contribution < -0.4 is 5.73 Å². The predicted octanol–water partition coefficient (Wildman–Crippen LogP) is 2.24. The normalized spacial score (nSPS) is 26.6. The van der Waals surface area contributed by atoms with Gasteiger partial charge in [-0.25, -0.2) is 8.42 Å². The van der Waals surface area contributed by atoms with Gasteiger partial charge in [0.05, 0.1) is 7.57 Å². The summed E-state index contributed by atoms with van der Waals surface area (Å²) in [5, 5.41) is 0. The van der Waals surface area contributed by atoms with Crippen LogP contribution in [0.2, 0.25) is 0 Å². The highest BCUT2D eigenvalue weighted by atomic mass is 79.9. The molecule has 2 unspecified atom stereocenters. The number of thiophene rings is 1. The van der Waals surface area contributed by atoms with Gasteiger partial charge in [-0.05, 0) is 43.8 Å². The Balaban J connectivity index is 2.35. The molecule has 0 saturated carbocycles. The minimum Gasteiger partial charge on any atom is -0.326 e. The second kappa shape index (κ2) is 4.90. The van der Waals surface area contributed by atoms with Gasteiger partial charge < -0.3 is 5.73 Å². The second-order valence-electron chi connectivity index (χ2n) is 4.15. The van der Waals surface area contributed by atoms with E-state index in [0.717, 1.165) is 3.79 Å². The van der Waals surface area contributed by atoms with Crippen molar-refractivity contribution in [1.82, 2.24) is 4.31 Å². The fraction of sp³-hybridized carbons (Fsp3) is 0.556. The van der Waals surface area contributed by atoms with Crippen molar-refractivity contribution < 1.29 is 8.42 Å². The third-order valence-electron chi connectivity index (χ3n) is 2.88. The zero-order chi connectivity index (χ0) is 12.8. The van der Waals surface area contributed by atoms with Gasteiger partial charge in [0, 0.05) is 19.1 Å². The Hall–Kier alpha value is 0.530. The molecule has 0 amide bonds. The molecule has 0 spiro atoms. The van der Waals surface area contributed by atoms with Crippen LogP contribution in [0.25, 0.3) is 0 Å². The van der Waals surface area contributed by atoms with Gasteiger partial charge in [-0.2, -0.15) is 4.31 Å². The van der Waals surface area contributed by atoms with Gasteiger partial charge in [0.25, 0.3) is 0 Å². The summed E-state index contributed by atoms with van der Waals surface area (Å²) in [7, 11) is -3.43. The molecule has 2 atom stereocenters. The molecule has 8 heteroatoms. The molecule has 1 aromatic heterocycles. The molecule has 0 aliphatic carbocycles. The van der Waals surface area contributed by atoms with Crippen LogP contribution in [0.5, 0.6) is 0 Å². The lowest BCUT2D eigenvalue weighted by molar-refractivity contribution is 0.464. The number of hydrogen-bond acceptors (Lipinski definition) is 4. The number of hydrogen-bond donors (Lipinski definition) is 1. The van der Waals surface area contributed by atoms with Crippen molar-refractivity contribution in [2.45, 2.75) is 17.9 Å². The Kier molecular flexibility index (Phi) is 4.02. The van der Waals surface area contributed by atoms with Gasteiger partial charge in [-0.1, -0.05) is 6.92 Å². The first-order valence-electron chi connectivity index (χ1n) is 5.03. The van der Waals surface area contributed by atoms with Crippen LogP contribution in [0.4, 0.5) is 0 Å². The maximum absolute atomic E-state index is 12.4. The molecule has 1 aromatic rings. The highest BCUT2D eigenvalue weighted by molar-refractivity contribution is 9.12. The zero-order valence-corrected chi connectivity index (χ0v) is 13.9. The molecule has 0 aromatic carbocycles. The van der Waals surface area contributed by atoms with Gasteiger partial charge in [0.1, 0.15) is 4.90 Å². The van der Waals surface area contributed by atoms with Crippen molar-refractivity contribution in [3.8, 4) is 0 Å². The van der Waals surface area contributed by atoms with Crippen LogP contribution in [0.3, 0.4) is 0 Å². The van der Waals surface area contributed by atoms with Crippen LogP contribution in [0, 0.1) is 5.92 Å². The topological polar surface area (TPSA) is 63.4 Å². The van der Waals surface area contributed by atoms with Gasteiger partial charge in [0.2, 0.25) is 10.0 Å². The number of halogens is 2. The third-order valence-corrected chi connectivity index (χ3v) is 7.47. The molecule has 4 nitrogen and oxygen atoms in total. The summed E-state index contributed by atoms with van der Waals surface area (Å²) in [6.07, 6.45) is 0. The zero-order valence-electron chi connectivity index (χ0n) is 9.06. The molecular weight excluding hydrogens is 392 g/mol. The first kappa shape index (κ1) is 14.0. The SMILES string of the molecule is CC1CN(S(=O)(=O)c2cc(Br)sc2Br)CC1N. The van der Waals surface area contributed by atoms with Crippen LogP contribution >= 0.6 is 43.2 Å². The van der Waals surface area contributed by atoms with Gasteiger partial charge >= 0.3 is 0 Å². The van der Waals surface area contributed by atoms with Crippen molar-refractivity contribution in [3.05, 3.63) is 13.6 Å². The molecule has 1 aliphatic heterocycles. The average Bonchev–Trinajstić information content (AvgIpc) is 2.72. The first-order valence-corrected chi connectivity index (χ1v) is 8.87. The molecule has 2 heterocycles. The molecule has 0 bridgehead atoms. The minimum atomic E-state index is -3.43. The molecule has 1 fully saturated rings. The predicted molar refractivity (Wildman–Crippen MR) is 75.6 cm³/mol. The maximum Gasteiger partial charge on any atom is 0.245 e. The number of nitrogens with two attached hydrogens (primary N) is 1. The molecule has 0 radical (unpaired) electrons.